The number of H-pyrrole nitrogens is 2. The Morgan fingerprint density at radius 2 is 1.81 bits per heavy atom. The molecule has 0 spiro atoms. The number of nitrogens with one attached hydrogen (secondary N) is 2. The molecule has 3 N–H and O–H groups in total. The first-order chi connectivity index (χ1) is 17.9. The lowest BCUT2D eigenvalue weighted by Crippen LogP contribution is -2.37. The molecule has 0 saturated carbocycles. The van der Waals surface area contributed by atoms with Crippen LogP contribution in [-0.4, -0.2) is 32.4 Å². The van der Waals surface area contributed by atoms with E-state index in [0.717, 1.165) is 22.0 Å². The zero-order valence-corrected chi connectivity index (χ0v) is 20.2. The maximum absolute atomic E-state index is 13.6. The Bertz CT molecular complexity index is 1800. The highest BCUT2D eigenvalue weighted by Crippen LogP contribution is 2.34. The van der Waals surface area contributed by atoms with Crippen LogP contribution in [0.5, 0.6) is 5.75 Å². The maximum Gasteiger partial charge on any atom is 0.252 e. The van der Waals surface area contributed by atoms with Gasteiger partial charge in [-0.25, -0.2) is 0 Å². The summed E-state index contributed by atoms with van der Waals surface area (Å²) >= 11 is 0. The van der Waals surface area contributed by atoms with E-state index in [1.54, 1.807) is 24.0 Å². The van der Waals surface area contributed by atoms with E-state index in [4.69, 9.17) is 4.42 Å². The van der Waals surface area contributed by atoms with Crippen LogP contribution in [0.3, 0.4) is 0 Å². The summed E-state index contributed by atoms with van der Waals surface area (Å²) < 4.78 is 5.78. The molecule has 0 radical (unpaired) electrons. The molecule has 3 aromatic heterocycles. The van der Waals surface area contributed by atoms with Crippen LogP contribution < -0.4 is 11.0 Å². The molecule has 0 fully saturated rings. The number of rotatable bonds is 4. The summed E-state index contributed by atoms with van der Waals surface area (Å²) in [6.07, 6.45) is 0.564. The maximum atomic E-state index is 13.6. The number of para-hydroxylation sites is 2. The number of aromatic amines is 2. The predicted octanol–water partition coefficient (Wildman–Crippen LogP) is 4.08. The molecule has 0 bridgehead atoms. The molecule has 5 aromatic rings. The Hall–Kier alpha value is -4.59. The van der Waals surface area contributed by atoms with Crippen molar-refractivity contribution < 1.29 is 14.3 Å². The number of aryl methyl sites for hydroxylation is 1. The molecular weight excluding hydrogens is 470 g/mol. The Labute approximate surface area is 211 Å². The third-order valence-corrected chi connectivity index (χ3v) is 7.16. The van der Waals surface area contributed by atoms with Gasteiger partial charge in [0, 0.05) is 46.7 Å². The summed E-state index contributed by atoms with van der Waals surface area (Å²) in [6, 6.07) is 18.3. The number of nitrogens with zero attached hydrogens (tertiary/aromatic N) is 1. The van der Waals surface area contributed by atoms with Gasteiger partial charge in [-0.2, -0.15) is 0 Å². The fraction of sp³-hybridized carbons (Fsp3) is 0.207. The SMILES string of the molecule is Cc1cc(=O)c(O)c(C(CC(=O)N2CCc3c([nH]c4ccccc34)C2)c2cc3ccccc3[nH]c2=O)o1. The Kier molecular flexibility index (Phi) is 5.44. The lowest BCUT2D eigenvalue weighted by atomic mass is 9.91. The molecule has 0 aliphatic carbocycles. The molecule has 37 heavy (non-hydrogen) atoms. The standard InChI is InChI=1S/C29H25N3O5/c1-16-12-25(33)27(35)28(37-16)20(21-13-17-6-2-4-8-22(17)31-29(21)36)14-26(34)32-11-10-19-18-7-3-5-9-23(18)30-24(19)15-32/h2-9,12-13,20,30,35H,10-11,14-15H2,1H3,(H,31,36). The fourth-order valence-electron chi connectivity index (χ4n) is 5.34. The topological polar surface area (TPSA) is 119 Å². The van der Waals surface area contributed by atoms with Crippen molar-refractivity contribution in [2.24, 2.45) is 0 Å². The molecule has 1 aliphatic heterocycles. The molecule has 1 amide bonds. The molecule has 1 aliphatic rings. The highest BCUT2D eigenvalue weighted by molar-refractivity contribution is 5.86. The van der Waals surface area contributed by atoms with Gasteiger partial charge in [-0.15, -0.1) is 0 Å². The van der Waals surface area contributed by atoms with Gasteiger partial charge in [-0.1, -0.05) is 36.4 Å². The number of aromatic nitrogens is 2. The van der Waals surface area contributed by atoms with Crippen molar-refractivity contribution in [3.05, 3.63) is 110 Å². The minimum absolute atomic E-state index is 0.0811. The van der Waals surface area contributed by atoms with Gasteiger partial charge in [0.1, 0.15) is 5.76 Å². The first-order valence-electron chi connectivity index (χ1n) is 12.2. The van der Waals surface area contributed by atoms with Crippen molar-refractivity contribution in [3.63, 3.8) is 0 Å². The molecule has 8 nitrogen and oxygen atoms in total. The minimum Gasteiger partial charge on any atom is -0.502 e. The number of pyridine rings is 1. The average Bonchev–Trinajstić information content (AvgIpc) is 3.27. The van der Waals surface area contributed by atoms with Gasteiger partial charge in [0.2, 0.25) is 17.1 Å². The Morgan fingerprint density at radius 1 is 1.05 bits per heavy atom. The van der Waals surface area contributed by atoms with Crippen LogP contribution >= 0.6 is 0 Å². The second-order valence-electron chi connectivity index (χ2n) is 9.52. The van der Waals surface area contributed by atoms with Crippen molar-refractivity contribution in [2.75, 3.05) is 6.54 Å². The van der Waals surface area contributed by atoms with Crippen LogP contribution in [0.1, 0.15) is 40.7 Å². The Morgan fingerprint density at radius 3 is 2.65 bits per heavy atom. The molecule has 8 heteroatoms. The van der Waals surface area contributed by atoms with E-state index in [0.29, 0.717) is 25.0 Å². The van der Waals surface area contributed by atoms with E-state index in [1.807, 2.05) is 36.4 Å². The summed E-state index contributed by atoms with van der Waals surface area (Å²) in [7, 11) is 0. The molecule has 2 aromatic carbocycles. The lowest BCUT2D eigenvalue weighted by molar-refractivity contribution is -0.132. The van der Waals surface area contributed by atoms with E-state index in [9.17, 15) is 19.5 Å². The highest BCUT2D eigenvalue weighted by Gasteiger charge is 2.31. The van der Waals surface area contributed by atoms with Gasteiger partial charge < -0.3 is 24.4 Å². The highest BCUT2D eigenvalue weighted by atomic mass is 16.4. The summed E-state index contributed by atoms with van der Waals surface area (Å²) in [5.74, 6) is -1.54. The third kappa shape index (κ3) is 4.00. The molecule has 186 valence electrons. The van der Waals surface area contributed by atoms with Crippen LogP contribution in [0.15, 0.2) is 74.7 Å². The predicted molar refractivity (Wildman–Crippen MR) is 140 cm³/mol. The molecule has 1 atom stereocenters. The zero-order valence-electron chi connectivity index (χ0n) is 20.2. The summed E-state index contributed by atoms with van der Waals surface area (Å²) in [5, 5.41) is 12.6. The lowest BCUT2D eigenvalue weighted by Gasteiger charge is -2.29. The van der Waals surface area contributed by atoms with Crippen LogP contribution in [0.25, 0.3) is 21.8 Å². The smallest absolute Gasteiger partial charge is 0.252 e. The van der Waals surface area contributed by atoms with Crippen molar-refractivity contribution in [1.29, 1.82) is 0 Å². The van der Waals surface area contributed by atoms with Crippen LogP contribution in [0.2, 0.25) is 0 Å². The van der Waals surface area contributed by atoms with Crippen LogP contribution in [0, 0.1) is 6.92 Å². The van der Waals surface area contributed by atoms with Gasteiger partial charge in [0.05, 0.1) is 12.5 Å². The summed E-state index contributed by atoms with van der Waals surface area (Å²) in [4.78, 5) is 47.2. The van der Waals surface area contributed by atoms with E-state index >= 15 is 0 Å². The van der Waals surface area contributed by atoms with Gasteiger partial charge in [0.15, 0.2) is 5.76 Å². The van der Waals surface area contributed by atoms with Crippen molar-refractivity contribution >= 4 is 27.7 Å². The number of hydrogen-bond acceptors (Lipinski definition) is 5. The van der Waals surface area contributed by atoms with Crippen molar-refractivity contribution in [2.45, 2.75) is 32.2 Å². The van der Waals surface area contributed by atoms with Gasteiger partial charge in [-0.3, -0.25) is 14.4 Å². The number of hydrogen-bond donors (Lipinski definition) is 3. The van der Waals surface area contributed by atoms with Gasteiger partial charge >= 0.3 is 0 Å². The molecule has 0 saturated heterocycles. The van der Waals surface area contributed by atoms with Crippen LogP contribution in [-0.2, 0) is 17.8 Å². The minimum atomic E-state index is -0.947. The molecule has 4 heterocycles. The summed E-state index contributed by atoms with van der Waals surface area (Å²) in [5.41, 5.74) is 3.12. The first-order valence-corrected chi connectivity index (χ1v) is 12.2. The van der Waals surface area contributed by atoms with Crippen LogP contribution in [0.4, 0.5) is 0 Å². The van der Waals surface area contributed by atoms with Gasteiger partial charge in [0.25, 0.3) is 5.56 Å². The second-order valence-corrected chi connectivity index (χ2v) is 9.52. The van der Waals surface area contributed by atoms with E-state index in [2.05, 4.69) is 16.0 Å². The first kappa shape index (κ1) is 22.8. The number of amides is 1. The average molecular weight is 496 g/mol. The van der Waals surface area contributed by atoms with E-state index in [-0.39, 0.29) is 29.4 Å². The summed E-state index contributed by atoms with van der Waals surface area (Å²) in [6.45, 7) is 2.53. The number of carbonyl (C=O) groups is 1. The number of aromatic hydroxyl groups is 1. The molecule has 1 unspecified atom stereocenters. The largest absolute Gasteiger partial charge is 0.502 e. The second kappa shape index (κ2) is 8.81. The molecule has 6 rings (SSSR count). The Balaban J connectivity index is 1.39. The quantitative estimate of drug-likeness (QED) is 0.347. The normalized spacial score (nSPS) is 14.1. The fourth-order valence-corrected chi connectivity index (χ4v) is 5.34. The number of carbonyl (C=O) groups excluding carboxylic acids is 1. The van der Waals surface area contributed by atoms with Crippen molar-refractivity contribution in [3.8, 4) is 5.75 Å². The zero-order chi connectivity index (χ0) is 25.7. The number of fused-ring (bicyclic) bond motifs is 4. The number of benzene rings is 2. The monoisotopic (exact) mass is 495 g/mol. The van der Waals surface area contributed by atoms with Gasteiger partial charge in [-0.05, 0) is 42.5 Å². The van der Waals surface area contributed by atoms with E-state index < -0.39 is 22.7 Å². The molecular formula is C29H25N3O5. The third-order valence-electron chi connectivity index (χ3n) is 7.16. The van der Waals surface area contributed by atoms with E-state index in [1.165, 1.54) is 11.6 Å². The van der Waals surface area contributed by atoms with Crippen molar-refractivity contribution in [1.82, 2.24) is 14.9 Å².